The fraction of sp³-hybridized carbons (Fsp3) is 0.0923. The van der Waals surface area contributed by atoms with E-state index in [2.05, 4.69) is 192 Å². The van der Waals surface area contributed by atoms with Gasteiger partial charge in [-0.1, -0.05) is 125 Å². The summed E-state index contributed by atoms with van der Waals surface area (Å²) >= 11 is 0. The van der Waals surface area contributed by atoms with Gasteiger partial charge in [0, 0.05) is 112 Å². The Balaban J connectivity index is 0.855. The van der Waals surface area contributed by atoms with E-state index in [9.17, 15) is 4.79 Å². The molecule has 70 heavy (non-hydrogen) atoms. The van der Waals surface area contributed by atoms with Gasteiger partial charge < -0.3 is 9.13 Å². The van der Waals surface area contributed by atoms with Gasteiger partial charge in [0.05, 0.1) is 22.1 Å². The fourth-order valence-electron chi connectivity index (χ4n) is 11.5. The van der Waals surface area contributed by atoms with E-state index in [0.717, 1.165) is 55.4 Å². The predicted molar refractivity (Wildman–Crippen MR) is 291 cm³/mol. The fourth-order valence-corrected chi connectivity index (χ4v) is 11.5. The summed E-state index contributed by atoms with van der Waals surface area (Å²) in [6, 6.07) is 51.7. The number of hydrogen-bond donors (Lipinski definition) is 0. The number of benzene rings is 4. The van der Waals surface area contributed by atoms with Crippen molar-refractivity contribution in [1.82, 2.24) is 19.1 Å². The number of hydrogen-bond acceptors (Lipinski definition) is 3. The van der Waals surface area contributed by atoms with Crippen molar-refractivity contribution in [1.29, 1.82) is 0 Å². The van der Waals surface area contributed by atoms with Crippen LogP contribution in [0.2, 0.25) is 0 Å². The third-order valence-corrected chi connectivity index (χ3v) is 14.7. The minimum Gasteiger partial charge on any atom is -0.308 e. The maximum Gasteiger partial charge on any atom is 0.193 e. The number of carbonyl (C=O) groups excluding carboxylic acids is 1. The number of allylic oxidation sites excluding steroid dienone is 2. The summed E-state index contributed by atoms with van der Waals surface area (Å²) in [7, 11) is 0. The number of aromatic nitrogens is 4. The molecule has 0 bridgehead atoms. The second-order valence-electron chi connectivity index (χ2n) is 20.6. The topological polar surface area (TPSA) is 52.7 Å². The van der Waals surface area contributed by atoms with Gasteiger partial charge in [-0.25, -0.2) is 0 Å². The Morgan fingerprint density at radius 1 is 0.429 bits per heavy atom. The van der Waals surface area contributed by atoms with Crippen LogP contribution in [0.4, 0.5) is 0 Å². The molecule has 2 aliphatic carbocycles. The Morgan fingerprint density at radius 3 is 1.29 bits per heavy atom. The molecule has 8 aromatic carbocycles. The molecule has 0 amide bonds. The zero-order valence-electron chi connectivity index (χ0n) is 39.3. The molecular weight excluding hydrogens is 853 g/mol. The van der Waals surface area contributed by atoms with Crippen LogP contribution in [-0.4, -0.2) is 24.9 Å². The third kappa shape index (κ3) is 6.28. The van der Waals surface area contributed by atoms with Crippen molar-refractivity contribution in [3.63, 3.8) is 0 Å². The van der Waals surface area contributed by atoms with Crippen LogP contribution >= 0.6 is 0 Å². The first-order chi connectivity index (χ1) is 34.0. The van der Waals surface area contributed by atoms with E-state index in [1.165, 1.54) is 64.9 Å². The molecule has 0 spiro atoms. The molecule has 4 aromatic heterocycles. The summed E-state index contributed by atoms with van der Waals surface area (Å²) in [4.78, 5) is 23.6. The maximum absolute atomic E-state index is 14.6. The second kappa shape index (κ2) is 14.7. The van der Waals surface area contributed by atoms with E-state index < -0.39 is 0 Å². The summed E-state index contributed by atoms with van der Waals surface area (Å²) < 4.78 is 4.89. The molecule has 0 unspecified atom stereocenters. The highest BCUT2D eigenvalue weighted by Gasteiger charge is 2.24. The van der Waals surface area contributed by atoms with Gasteiger partial charge >= 0.3 is 0 Å². The molecular formula is C65H46N4O. The molecule has 12 aromatic rings. The van der Waals surface area contributed by atoms with Crippen LogP contribution in [0.15, 0.2) is 183 Å². The van der Waals surface area contributed by atoms with Gasteiger partial charge in [-0.15, -0.1) is 0 Å². The molecule has 0 saturated heterocycles. The molecule has 0 N–H and O–H groups in total. The highest BCUT2D eigenvalue weighted by atomic mass is 16.1. The van der Waals surface area contributed by atoms with Gasteiger partial charge in [-0.05, 0) is 118 Å². The van der Waals surface area contributed by atoms with Crippen LogP contribution in [0.3, 0.4) is 0 Å². The molecule has 0 aliphatic heterocycles. The lowest BCUT2D eigenvalue weighted by atomic mass is 9.87. The summed E-state index contributed by atoms with van der Waals surface area (Å²) in [6.07, 6.45) is 21.6. The number of pyridine rings is 4. The zero-order chi connectivity index (χ0) is 47.0. The van der Waals surface area contributed by atoms with E-state index >= 15 is 0 Å². The first-order valence-corrected chi connectivity index (χ1v) is 24.1. The number of carbonyl (C=O) groups is 1. The van der Waals surface area contributed by atoms with Crippen LogP contribution < -0.4 is 10.4 Å². The normalized spacial score (nSPS) is 14.7. The van der Waals surface area contributed by atoms with Crippen molar-refractivity contribution in [2.24, 2.45) is 10.8 Å². The van der Waals surface area contributed by atoms with Gasteiger partial charge in [-0.2, -0.15) is 0 Å². The SMILES string of the molecule is CC1(C)C=Cc2cc3cc4cc5cnccc5c4n(-c4cccc(-c5cccc(C(=O)c6cccc(-c7cccc(-n8c9c%10c(cc9cc9cc%11cnccc%11c98)C=CC(C)(C)C=%10)c7)c6)c5)c4)c3c2=C1. The lowest BCUT2D eigenvalue weighted by Gasteiger charge is -2.19. The van der Waals surface area contributed by atoms with Gasteiger partial charge in [-0.3, -0.25) is 14.8 Å². The zero-order valence-corrected chi connectivity index (χ0v) is 39.3. The van der Waals surface area contributed by atoms with Crippen LogP contribution in [0.1, 0.15) is 54.7 Å². The van der Waals surface area contributed by atoms with E-state index in [1.54, 1.807) is 0 Å². The maximum atomic E-state index is 14.6. The average Bonchev–Trinajstić information content (AvgIpc) is 4.14. The highest BCUT2D eigenvalue weighted by molar-refractivity contribution is 6.16. The van der Waals surface area contributed by atoms with E-state index in [0.29, 0.717) is 11.1 Å². The van der Waals surface area contributed by atoms with Crippen molar-refractivity contribution < 1.29 is 4.79 Å². The van der Waals surface area contributed by atoms with Gasteiger partial charge in [0.2, 0.25) is 0 Å². The summed E-state index contributed by atoms with van der Waals surface area (Å²) in [6.45, 7) is 9.04. The minimum atomic E-state index is -0.0747. The van der Waals surface area contributed by atoms with E-state index in [4.69, 9.17) is 0 Å². The summed E-state index contributed by atoms with van der Waals surface area (Å²) in [5.74, 6) is -0.0179. The van der Waals surface area contributed by atoms with Crippen LogP contribution in [0.25, 0.3) is 123 Å². The second-order valence-corrected chi connectivity index (χ2v) is 20.6. The van der Waals surface area contributed by atoms with Crippen LogP contribution in [0.5, 0.6) is 0 Å². The Hall–Kier alpha value is -8.67. The number of rotatable bonds is 6. The van der Waals surface area contributed by atoms with Gasteiger partial charge in [0.25, 0.3) is 0 Å². The van der Waals surface area contributed by atoms with Crippen LogP contribution in [0, 0.1) is 10.8 Å². The number of ketones is 1. The van der Waals surface area contributed by atoms with Crippen molar-refractivity contribution in [2.45, 2.75) is 27.7 Å². The van der Waals surface area contributed by atoms with Crippen molar-refractivity contribution in [2.75, 3.05) is 0 Å². The molecule has 0 fully saturated rings. The molecule has 4 heterocycles. The van der Waals surface area contributed by atoms with E-state index in [-0.39, 0.29) is 16.6 Å². The molecule has 2 aliphatic rings. The Morgan fingerprint density at radius 2 is 0.829 bits per heavy atom. The van der Waals surface area contributed by atoms with Crippen molar-refractivity contribution in [3.8, 4) is 33.6 Å². The number of fused-ring (bicyclic) bond motifs is 12. The van der Waals surface area contributed by atoms with Crippen molar-refractivity contribution >= 4 is 95.2 Å². The molecule has 332 valence electrons. The van der Waals surface area contributed by atoms with Crippen LogP contribution in [-0.2, 0) is 0 Å². The Labute approximate surface area is 404 Å². The predicted octanol–water partition coefficient (Wildman–Crippen LogP) is 14.6. The molecule has 0 radical (unpaired) electrons. The monoisotopic (exact) mass is 898 g/mol. The lowest BCUT2D eigenvalue weighted by molar-refractivity contribution is 0.103. The standard InChI is InChI=1S/C65H46N4O/c1-64(2)21-17-43-27-47-29-49-31-51-37-66-23-19-55(51)59(49)68(61(47)57(43)35-64)53-15-7-11-41(33-53)39-9-5-13-45(25-39)63(70)46-14-6-10-40(26-46)42-12-8-16-54(34-42)69-60-50(32-52-38-67-24-20-56(52)60)30-48-28-44-18-22-65(3,4)36-58(44)62(48)69/h5-38H,1-4H3. The quantitative estimate of drug-likeness (QED) is 0.156. The summed E-state index contributed by atoms with van der Waals surface area (Å²) in [5.41, 5.74) is 14.5. The molecule has 14 rings (SSSR count). The van der Waals surface area contributed by atoms with Gasteiger partial charge in [0.15, 0.2) is 5.78 Å². The third-order valence-electron chi connectivity index (χ3n) is 14.7. The Bertz CT molecular complexity index is 4160. The van der Waals surface area contributed by atoms with Gasteiger partial charge in [0.1, 0.15) is 0 Å². The molecule has 5 heteroatoms. The highest BCUT2D eigenvalue weighted by Crippen LogP contribution is 2.39. The largest absolute Gasteiger partial charge is 0.308 e. The number of nitrogens with zero attached hydrogens (tertiary/aromatic N) is 4. The molecule has 0 atom stereocenters. The van der Waals surface area contributed by atoms with Crippen molar-refractivity contribution in [3.05, 3.63) is 215 Å². The molecule has 5 nitrogen and oxygen atoms in total. The minimum absolute atomic E-state index is 0.0179. The van der Waals surface area contributed by atoms with E-state index in [1.807, 2.05) is 61.2 Å². The first-order valence-electron chi connectivity index (χ1n) is 24.1. The molecule has 0 saturated carbocycles. The lowest BCUT2D eigenvalue weighted by Crippen LogP contribution is -2.18. The smallest absolute Gasteiger partial charge is 0.193 e. The average molecular weight is 899 g/mol. The summed E-state index contributed by atoms with van der Waals surface area (Å²) in [5, 5.41) is 11.8. The Kier molecular flexibility index (Phi) is 8.47. The first kappa shape index (κ1) is 40.4.